The zero-order chi connectivity index (χ0) is 15.4. The predicted molar refractivity (Wildman–Crippen MR) is 79.8 cm³/mol. The Morgan fingerprint density at radius 1 is 1.38 bits per heavy atom. The Bertz CT molecular complexity index is 517. The Kier molecular flexibility index (Phi) is 4.95. The Hall–Kier alpha value is -1.89. The third-order valence-corrected chi connectivity index (χ3v) is 3.66. The van der Waals surface area contributed by atoms with Crippen molar-refractivity contribution in [3.63, 3.8) is 0 Å². The average Bonchev–Trinajstić information content (AvgIpc) is 2.80. The van der Waals surface area contributed by atoms with E-state index in [0.29, 0.717) is 5.69 Å². The minimum Gasteiger partial charge on any atom is -0.348 e. The van der Waals surface area contributed by atoms with E-state index in [0.717, 1.165) is 25.7 Å². The lowest BCUT2D eigenvalue weighted by atomic mass is 9.95. The Labute approximate surface area is 124 Å². The Balaban J connectivity index is 2.07. The molecule has 0 saturated heterocycles. The van der Waals surface area contributed by atoms with Crippen molar-refractivity contribution in [3.05, 3.63) is 11.9 Å². The van der Waals surface area contributed by atoms with Crippen molar-refractivity contribution >= 4 is 17.5 Å². The van der Waals surface area contributed by atoms with E-state index in [-0.39, 0.29) is 23.6 Å². The van der Waals surface area contributed by atoms with Crippen LogP contribution in [-0.4, -0.2) is 33.7 Å². The number of amides is 2. The number of aryl methyl sites for hydroxylation is 1. The molecule has 21 heavy (non-hydrogen) atoms. The molecule has 0 bridgehead atoms. The van der Waals surface area contributed by atoms with Crippen LogP contribution in [0.1, 0.15) is 49.5 Å². The van der Waals surface area contributed by atoms with Crippen molar-refractivity contribution in [3.8, 4) is 0 Å². The molecule has 1 aliphatic carbocycles. The molecular formula is C14H23N5O2. The minimum absolute atomic E-state index is 0.199. The van der Waals surface area contributed by atoms with E-state index in [2.05, 4.69) is 15.7 Å². The lowest BCUT2D eigenvalue weighted by Crippen LogP contribution is -2.37. The molecule has 2 rings (SSSR count). The van der Waals surface area contributed by atoms with E-state index in [1.165, 1.54) is 11.1 Å². The summed E-state index contributed by atoms with van der Waals surface area (Å²) in [6, 6.07) is -0.440. The summed E-state index contributed by atoms with van der Waals surface area (Å²) in [5.74, 6) is -0.586. The molecule has 1 aromatic rings. The number of carbonyl (C=O) groups excluding carboxylic acids is 2. The molecule has 1 aromatic heterocycles. The number of nitrogens with zero attached hydrogens (tertiary/aromatic N) is 2. The number of anilines is 1. The van der Waals surface area contributed by atoms with Crippen LogP contribution in [0.2, 0.25) is 0 Å². The van der Waals surface area contributed by atoms with Gasteiger partial charge in [-0.15, -0.1) is 0 Å². The van der Waals surface area contributed by atoms with Gasteiger partial charge < -0.3 is 16.4 Å². The number of hydrogen-bond donors (Lipinski definition) is 3. The molecule has 0 aliphatic heterocycles. The molecule has 4 N–H and O–H groups in total. The monoisotopic (exact) mass is 293 g/mol. The fraction of sp³-hybridized carbons (Fsp3) is 0.643. The highest BCUT2D eigenvalue weighted by molar-refractivity contribution is 6.03. The smallest absolute Gasteiger partial charge is 0.274 e. The topological polar surface area (TPSA) is 102 Å². The first kappa shape index (κ1) is 15.5. The van der Waals surface area contributed by atoms with Crippen molar-refractivity contribution in [1.29, 1.82) is 0 Å². The van der Waals surface area contributed by atoms with Gasteiger partial charge in [0.2, 0.25) is 5.91 Å². The van der Waals surface area contributed by atoms with E-state index in [1.807, 2.05) is 0 Å². The van der Waals surface area contributed by atoms with Crippen molar-refractivity contribution < 1.29 is 9.59 Å². The van der Waals surface area contributed by atoms with Gasteiger partial charge in [-0.2, -0.15) is 5.10 Å². The lowest BCUT2D eigenvalue weighted by molar-refractivity contribution is -0.117. The van der Waals surface area contributed by atoms with Crippen molar-refractivity contribution in [2.45, 2.75) is 51.1 Å². The second kappa shape index (κ2) is 6.71. The van der Waals surface area contributed by atoms with Crippen molar-refractivity contribution in [2.75, 3.05) is 5.32 Å². The van der Waals surface area contributed by atoms with Crippen LogP contribution in [0.25, 0.3) is 0 Å². The summed E-state index contributed by atoms with van der Waals surface area (Å²) >= 11 is 0. The van der Waals surface area contributed by atoms with Gasteiger partial charge in [-0.25, -0.2) is 0 Å². The normalized spacial score (nSPS) is 17.3. The van der Waals surface area contributed by atoms with Crippen LogP contribution >= 0.6 is 0 Å². The lowest BCUT2D eigenvalue weighted by Gasteiger charge is -2.22. The number of nitrogens with one attached hydrogen (secondary N) is 2. The van der Waals surface area contributed by atoms with Crippen LogP contribution in [0.5, 0.6) is 0 Å². The van der Waals surface area contributed by atoms with Crippen molar-refractivity contribution in [1.82, 2.24) is 15.1 Å². The van der Waals surface area contributed by atoms with E-state index in [9.17, 15) is 9.59 Å². The number of carbonyl (C=O) groups is 2. The van der Waals surface area contributed by atoms with Gasteiger partial charge in [0.1, 0.15) is 0 Å². The van der Waals surface area contributed by atoms with Crippen LogP contribution in [0.3, 0.4) is 0 Å². The summed E-state index contributed by atoms with van der Waals surface area (Å²) in [6.45, 7) is 1.59. The predicted octanol–water partition coefficient (Wildman–Crippen LogP) is 0.768. The molecule has 2 amide bonds. The fourth-order valence-corrected chi connectivity index (χ4v) is 2.49. The Morgan fingerprint density at radius 3 is 2.67 bits per heavy atom. The summed E-state index contributed by atoms with van der Waals surface area (Å²) in [7, 11) is 1.71. The van der Waals surface area contributed by atoms with Crippen LogP contribution < -0.4 is 16.4 Å². The molecule has 0 aromatic carbocycles. The first-order valence-electron chi connectivity index (χ1n) is 7.38. The molecule has 1 unspecified atom stereocenters. The zero-order valence-electron chi connectivity index (χ0n) is 12.6. The van der Waals surface area contributed by atoms with E-state index >= 15 is 0 Å². The van der Waals surface area contributed by atoms with Gasteiger partial charge in [0.15, 0.2) is 5.69 Å². The maximum atomic E-state index is 12.3. The van der Waals surface area contributed by atoms with Gasteiger partial charge in [-0.1, -0.05) is 19.3 Å². The van der Waals surface area contributed by atoms with Gasteiger partial charge in [0, 0.05) is 19.3 Å². The Morgan fingerprint density at radius 2 is 2.05 bits per heavy atom. The molecule has 1 aliphatic rings. The average molecular weight is 293 g/mol. The summed E-state index contributed by atoms with van der Waals surface area (Å²) < 4.78 is 1.51. The second-order valence-electron chi connectivity index (χ2n) is 5.65. The third-order valence-electron chi connectivity index (χ3n) is 3.66. The van der Waals surface area contributed by atoms with Gasteiger partial charge in [0.05, 0.1) is 11.7 Å². The standard InChI is InChI=1S/C14H23N5O2/c1-9(15)13(20)17-11-8-19(2)18-12(11)14(21)16-10-6-4-3-5-7-10/h8-10H,3-7,15H2,1-2H3,(H,16,21)(H,17,20). The zero-order valence-corrected chi connectivity index (χ0v) is 12.6. The fourth-order valence-electron chi connectivity index (χ4n) is 2.49. The molecule has 116 valence electrons. The van der Waals surface area contributed by atoms with Gasteiger partial charge >= 0.3 is 0 Å². The highest BCUT2D eigenvalue weighted by Crippen LogP contribution is 2.19. The molecule has 0 spiro atoms. The van der Waals surface area contributed by atoms with E-state index < -0.39 is 6.04 Å². The van der Waals surface area contributed by atoms with Gasteiger partial charge in [-0.3, -0.25) is 14.3 Å². The van der Waals surface area contributed by atoms with Gasteiger partial charge in [0.25, 0.3) is 5.91 Å². The number of nitrogens with two attached hydrogens (primary N) is 1. The summed E-state index contributed by atoms with van der Waals surface area (Å²) in [5.41, 5.74) is 6.16. The second-order valence-corrected chi connectivity index (χ2v) is 5.65. The third kappa shape index (κ3) is 4.04. The maximum absolute atomic E-state index is 12.3. The molecule has 1 fully saturated rings. The van der Waals surface area contributed by atoms with Crippen LogP contribution in [0.15, 0.2) is 6.20 Å². The summed E-state index contributed by atoms with van der Waals surface area (Å²) in [5, 5.41) is 9.77. The molecule has 7 heteroatoms. The number of rotatable bonds is 4. The molecule has 0 radical (unpaired) electrons. The largest absolute Gasteiger partial charge is 0.348 e. The summed E-state index contributed by atoms with van der Waals surface area (Å²) in [4.78, 5) is 24.0. The highest BCUT2D eigenvalue weighted by atomic mass is 16.2. The maximum Gasteiger partial charge on any atom is 0.274 e. The molecular weight excluding hydrogens is 270 g/mol. The first-order valence-corrected chi connectivity index (χ1v) is 7.38. The first-order chi connectivity index (χ1) is 9.97. The SMILES string of the molecule is CC(N)C(=O)Nc1cn(C)nc1C(=O)NC1CCCCC1. The van der Waals surface area contributed by atoms with Crippen LogP contribution in [-0.2, 0) is 11.8 Å². The number of aromatic nitrogens is 2. The molecule has 1 saturated carbocycles. The molecule has 1 heterocycles. The summed E-state index contributed by atoms with van der Waals surface area (Å²) in [6.07, 6.45) is 7.12. The highest BCUT2D eigenvalue weighted by Gasteiger charge is 2.22. The quantitative estimate of drug-likeness (QED) is 0.763. The van der Waals surface area contributed by atoms with E-state index in [1.54, 1.807) is 20.2 Å². The minimum atomic E-state index is -0.639. The van der Waals surface area contributed by atoms with E-state index in [4.69, 9.17) is 5.73 Å². The molecule has 7 nitrogen and oxygen atoms in total. The van der Waals surface area contributed by atoms with Crippen LogP contribution in [0.4, 0.5) is 5.69 Å². The number of hydrogen-bond acceptors (Lipinski definition) is 4. The molecule has 1 atom stereocenters. The van der Waals surface area contributed by atoms with Crippen LogP contribution in [0, 0.1) is 0 Å². The van der Waals surface area contributed by atoms with Gasteiger partial charge in [-0.05, 0) is 19.8 Å². The van der Waals surface area contributed by atoms with Crippen molar-refractivity contribution in [2.24, 2.45) is 12.8 Å².